The monoisotopic (exact) mass is 450 g/mol. The first-order valence-corrected chi connectivity index (χ1v) is 10.4. The van der Waals surface area contributed by atoms with Gasteiger partial charge in [-0.2, -0.15) is 0 Å². The predicted molar refractivity (Wildman–Crippen MR) is 107 cm³/mol. The number of amides is 1. The van der Waals surface area contributed by atoms with Crippen molar-refractivity contribution in [3.05, 3.63) is 75.4 Å². The van der Waals surface area contributed by atoms with Crippen molar-refractivity contribution in [3.8, 4) is 5.69 Å². The van der Waals surface area contributed by atoms with Crippen LogP contribution in [0.3, 0.4) is 0 Å². The topological polar surface area (TPSA) is 113 Å². The molecule has 0 atom stereocenters. The smallest absolute Gasteiger partial charge is 0.321 e. The third kappa shape index (κ3) is 4.86. The molecule has 3 aromatic rings. The first-order valence-electron chi connectivity index (χ1n) is 7.68. The molecular formula is C17H15BrN4O4S. The fourth-order valence-corrected chi connectivity index (χ4v) is 3.46. The number of aromatic nitrogens is 2. The summed E-state index contributed by atoms with van der Waals surface area (Å²) in [6.07, 6.45) is 2.43. The van der Waals surface area contributed by atoms with Gasteiger partial charge in [0, 0.05) is 16.4 Å². The molecule has 140 valence electrons. The third-order valence-corrected chi connectivity index (χ3v) is 4.52. The van der Waals surface area contributed by atoms with Gasteiger partial charge in [0.25, 0.3) is 5.91 Å². The van der Waals surface area contributed by atoms with Crippen LogP contribution in [-0.2, 0) is 10.0 Å². The van der Waals surface area contributed by atoms with Crippen molar-refractivity contribution in [2.45, 2.75) is 0 Å². The summed E-state index contributed by atoms with van der Waals surface area (Å²) < 4.78 is 27.0. The number of benzene rings is 2. The number of anilines is 2. The van der Waals surface area contributed by atoms with Crippen molar-refractivity contribution in [3.63, 3.8) is 0 Å². The zero-order valence-corrected chi connectivity index (χ0v) is 16.5. The van der Waals surface area contributed by atoms with Crippen LogP contribution in [0, 0.1) is 0 Å². The SMILES string of the molecule is CS(=O)(=O)Nc1cc(Br)cc(NC(=O)c2cn(-c3ccccc3)c(=O)[nH]2)c1. The van der Waals surface area contributed by atoms with E-state index in [1.165, 1.54) is 16.8 Å². The molecule has 3 N–H and O–H groups in total. The number of para-hydroxylation sites is 1. The summed E-state index contributed by atoms with van der Waals surface area (Å²) in [6, 6.07) is 13.5. The Hall–Kier alpha value is -2.85. The maximum absolute atomic E-state index is 12.5. The molecular weight excluding hydrogens is 436 g/mol. The lowest BCUT2D eigenvalue weighted by Gasteiger charge is -2.09. The van der Waals surface area contributed by atoms with Crippen LogP contribution in [-0.4, -0.2) is 30.1 Å². The first kappa shape index (κ1) is 18.9. The molecule has 10 heteroatoms. The summed E-state index contributed by atoms with van der Waals surface area (Å²) in [5, 5.41) is 2.63. The van der Waals surface area contributed by atoms with E-state index in [2.05, 4.69) is 31.0 Å². The van der Waals surface area contributed by atoms with Crippen LogP contribution in [0.15, 0.2) is 64.0 Å². The van der Waals surface area contributed by atoms with Crippen LogP contribution in [0.2, 0.25) is 0 Å². The van der Waals surface area contributed by atoms with Gasteiger partial charge in [-0.3, -0.25) is 14.1 Å². The summed E-state index contributed by atoms with van der Waals surface area (Å²) >= 11 is 3.26. The van der Waals surface area contributed by atoms with Crippen molar-refractivity contribution in [1.82, 2.24) is 9.55 Å². The average Bonchev–Trinajstić information content (AvgIpc) is 2.95. The van der Waals surface area contributed by atoms with Crippen LogP contribution >= 0.6 is 15.9 Å². The second-order valence-corrected chi connectivity index (χ2v) is 8.40. The molecule has 1 heterocycles. The lowest BCUT2D eigenvalue weighted by atomic mass is 10.2. The second kappa shape index (κ2) is 7.41. The van der Waals surface area contributed by atoms with Crippen molar-refractivity contribution >= 4 is 43.2 Å². The molecule has 27 heavy (non-hydrogen) atoms. The summed E-state index contributed by atoms with van der Waals surface area (Å²) in [6.45, 7) is 0. The second-order valence-electron chi connectivity index (χ2n) is 5.74. The number of rotatable bonds is 5. The minimum atomic E-state index is -3.46. The number of hydrogen-bond donors (Lipinski definition) is 3. The Morgan fingerprint density at radius 2 is 1.78 bits per heavy atom. The number of H-pyrrole nitrogens is 1. The van der Waals surface area contributed by atoms with E-state index in [1.54, 1.807) is 36.4 Å². The maximum Gasteiger partial charge on any atom is 0.330 e. The zero-order valence-electron chi connectivity index (χ0n) is 14.1. The highest BCUT2D eigenvalue weighted by Crippen LogP contribution is 2.24. The summed E-state index contributed by atoms with van der Waals surface area (Å²) in [7, 11) is -3.46. The zero-order chi connectivity index (χ0) is 19.6. The van der Waals surface area contributed by atoms with Gasteiger partial charge in [-0.15, -0.1) is 0 Å². The van der Waals surface area contributed by atoms with Crippen LogP contribution in [0.4, 0.5) is 11.4 Å². The summed E-state index contributed by atoms with van der Waals surface area (Å²) in [5.74, 6) is -0.537. The Bertz CT molecular complexity index is 1150. The molecule has 0 unspecified atom stereocenters. The Morgan fingerprint density at radius 3 is 2.44 bits per heavy atom. The van der Waals surface area contributed by atoms with Crippen LogP contribution in [0.5, 0.6) is 0 Å². The van der Waals surface area contributed by atoms with Crippen LogP contribution < -0.4 is 15.7 Å². The van der Waals surface area contributed by atoms with Gasteiger partial charge in [0.15, 0.2) is 0 Å². The van der Waals surface area contributed by atoms with E-state index in [4.69, 9.17) is 0 Å². The molecule has 0 saturated carbocycles. The van der Waals surface area contributed by atoms with Crippen molar-refractivity contribution in [2.75, 3.05) is 16.3 Å². The number of carbonyl (C=O) groups is 1. The average molecular weight is 451 g/mol. The number of halogens is 1. The van der Waals surface area contributed by atoms with Gasteiger partial charge in [0.2, 0.25) is 10.0 Å². The van der Waals surface area contributed by atoms with Gasteiger partial charge < -0.3 is 10.3 Å². The highest BCUT2D eigenvalue weighted by atomic mass is 79.9. The number of aromatic amines is 1. The number of carbonyl (C=O) groups excluding carboxylic acids is 1. The molecule has 3 rings (SSSR count). The summed E-state index contributed by atoms with van der Waals surface area (Å²) in [5.41, 5.74) is 0.896. The molecule has 8 nitrogen and oxygen atoms in total. The molecule has 0 aliphatic rings. The standard InChI is InChI=1S/C17H15BrN4O4S/c1-27(25,26)21-13-8-11(18)7-12(9-13)19-16(23)15-10-22(17(24)20-15)14-5-3-2-4-6-14/h2-10,21H,1H3,(H,19,23)(H,20,24). The largest absolute Gasteiger partial charge is 0.330 e. The Kier molecular flexibility index (Phi) is 5.19. The number of nitrogens with one attached hydrogen (secondary N) is 3. The molecule has 0 fully saturated rings. The first-order chi connectivity index (χ1) is 12.7. The number of sulfonamides is 1. The fraction of sp³-hybridized carbons (Fsp3) is 0.0588. The van der Waals surface area contributed by atoms with Gasteiger partial charge in [0.1, 0.15) is 5.69 Å². The molecule has 0 aliphatic heterocycles. The molecule has 0 bridgehead atoms. The van der Waals surface area contributed by atoms with E-state index in [-0.39, 0.29) is 11.4 Å². The van der Waals surface area contributed by atoms with Gasteiger partial charge >= 0.3 is 5.69 Å². The van der Waals surface area contributed by atoms with Gasteiger partial charge in [-0.25, -0.2) is 13.2 Å². The van der Waals surface area contributed by atoms with E-state index >= 15 is 0 Å². The Balaban J connectivity index is 1.85. The summed E-state index contributed by atoms with van der Waals surface area (Å²) in [4.78, 5) is 27.1. The Morgan fingerprint density at radius 1 is 1.11 bits per heavy atom. The minimum absolute atomic E-state index is 0.0708. The third-order valence-electron chi connectivity index (χ3n) is 3.46. The van der Waals surface area contributed by atoms with Crippen molar-refractivity contribution < 1.29 is 13.2 Å². The van der Waals surface area contributed by atoms with Gasteiger partial charge in [0.05, 0.1) is 17.6 Å². The van der Waals surface area contributed by atoms with E-state index in [1.807, 2.05) is 6.07 Å². The molecule has 1 amide bonds. The maximum atomic E-state index is 12.5. The molecule has 2 aromatic carbocycles. The fourth-order valence-electron chi connectivity index (χ4n) is 2.42. The van der Waals surface area contributed by atoms with Gasteiger partial charge in [-0.1, -0.05) is 34.1 Å². The predicted octanol–water partition coefficient (Wildman–Crippen LogP) is 2.55. The van der Waals surface area contributed by atoms with E-state index in [9.17, 15) is 18.0 Å². The molecule has 0 radical (unpaired) electrons. The molecule has 0 spiro atoms. The van der Waals surface area contributed by atoms with Crippen LogP contribution in [0.1, 0.15) is 10.5 Å². The van der Waals surface area contributed by atoms with Crippen LogP contribution in [0.25, 0.3) is 5.69 Å². The molecule has 0 aliphatic carbocycles. The van der Waals surface area contributed by atoms with E-state index in [0.29, 0.717) is 15.8 Å². The lowest BCUT2D eigenvalue weighted by Crippen LogP contribution is -2.16. The highest BCUT2D eigenvalue weighted by Gasteiger charge is 2.13. The van der Waals surface area contributed by atoms with Gasteiger partial charge in [-0.05, 0) is 30.3 Å². The quantitative estimate of drug-likeness (QED) is 0.554. The number of hydrogen-bond acceptors (Lipinski definition) is 4. The van der Waals surface area contributed by atoms with E-state index < -0.39 is 21.6 Å². The van der Waals surface area contributed by atoms with Crippen molar-refractivity contribution in [1.29, 1.82) is 0 Å². The molecule has 0 saturated heterocycles. The molecule has 1 aromatic heterocycles. The van der Waals surface area contributed by atoms with E-state index in [0.717, 1.165) is 6.26 Å². The highest BCUT2D eigenvalue weighted by molar-refractivity contribution is 9.10. The lowest BCUT2D eigenvalue weighted by molar-refractivity contribution is 0.102. The van der Waals surface area contributed by atoms with Crippen molar-refractivity contribution in [2.24, 2.45) is 0 Å². The number of nitrogens with zero attached hydrogens (tertiary/aromatic N) is 1. The minimum Gasteiger partial charge on any atom is -0.321 e. The Labute approximate surface area is 163 Å². The normalized spacial score (nSPS) is 11.2. The number of imidazole rings is 1.